The van der Waals surface area contributed by atoms with Crippen molar-refractivity contribution in [1.29, 1.82) is 0 Å². The van der Waals surface area contributed by atoms with Crippen LogP contribution in [0.4, 0.5) is 0 Å². The third-order valence-electron chi connectivity index (χ3n) is 3.17. The molecule has 0 aromatic carbocycles. The predicted molar refractivity (Wildman–Crippen MR) is 64.0 cm³/mol. The van der Waals surface area contributed by atoms with E-state index in [1.54, 1.807) is 0 Å². The number of carbonyl (C=O) groups excluding carboxylic acids is 1. The molecular weight excluding hydrogens is 204 g/mol. The van der Waals surface area contributed by atoms with Crippen LogP contribution in [0.5, 0.6) is 0 Å². The van der Waals surface area contributed by atoms with Crippen LogP contribution in [-0.2, 0) is 9.53 Å². The van der Waals surface area contributed by atoms with Crippen LogP contribution in [0.3, 0.4) is 0 Å². The molecule has 1 rings (SSSR count). The lowest BCUT2D eigenvalue weighted by atomic mass is 9.99. The van der Waals surface area contributed by atoms with Gasteiger partial charge in [-0.2, -0.15) is 0 Å². The van der Waals surface area contributed by atoms with Gasteiger partial charge in [0.1, 0.15) is 0 Å². The van der Waals surface area contributed by atoms with Crippen LogP contribution in [-0.4, -0.2) is 32.2 Å². The Balaban J connectivity index is 2.05. The van der Waals surface area contributed by atoms with Gasteiger partial charge in [-0.3, -0.25) is 4.79 Å². The van der Waals surface area contributed by atoms with Gasteiger partial charge >= 0.3 is 0 Å². The Morgan fingerprint density at radius 1 is 1.50 bits per heavy atom. The highest BCUT2D eigenvalue weighted by atomic mass is 16.5. The van der Waals surface area contributed by atoms with Gasteiger partial charge < -0.3 is 15.8 Å². The maximum atomic E-state index is 11.7. The second-order valence-corrected chi connectivity index (χ2v) is 4.66. The van der Waals surface area contributed by atoms with Gasteiger partial charge in [-0.15, -0.1) is 0 Å². The van der Waals surface area contributed by atoms with Crippen LogP contribution in [0.1, 0.15) is 32.6 Å². The molecule has 1 unspecified atom stereocenters. The van der Waals surface area contributed by atoms with Crippen molar-refractivity contribution in [2.45, 2.75) is 32.6 Å². The molecule has 94 valence electrons. The molecule has 0 aromatic rings. The minimum atomic E-state index is 0.167. The molecule has 0 bridgehead atoms. The third-order valence-corrected chi connectivity index (χ3v) is 3.17. The van der Waals surface area contributed by atoms with E-state index < -0.39 is 0 Å². The summed E-state index contributed by atoms with van der Waals surface area (Å²) >= 11 is 0. The van der Waals surface area contributed by atoms with E-state index in [0.717, 1.165) is 52.0 Å². The fourth-order valence-corrected chi connectivity index (χ4v) is 1.88. The molecule has 0 aromatic heterocycles. The number of nitrogens with one attached hydrogen (secondary N) is 1. The molecule has 1 aliphatic rings. The van der Waals surface area contributed by atoms with Gasteiger partial charge in [0.25, 0.3) is 0 Å². The maximum Gasteiger partial charge on any atom is 0.223 e. The minimum Gasteiger partial charge on any atom is -0.381 e. The molecular formula is C12H24N2O2. The fraction of sp³-hybridized carbons (Fsp3) is 0.917. The smallest absolute Gasteiger partial charge is 0.223 e. The molecule has 0 radical (unpaired) electrons. The first-order valence-electron chi connectivity index (χ1n) is 6.29. The Bertz CT molecular complexity index is 203. The molecule has 1 atom stereocenters. The summed E-state index contributed by atoms with van der Waals surface area (Å²) in [6.07, 6.45) is 3.84. The predicted octanol–water partition coefficient (Wildman–Crippen LogP) is 0.904. The first-order chi connectivity index (χ1) is 7.74. The maximum absolute atomic E-state index is 11.7. The van der Waals surface area contributed by atoms with E-state index in [2.05, 4.69) is 12.2 Å². The van der Waals surface area contributed by atoms with Crippen molar-refractivity contribution in [3.05, 3.63) is 0 Å². The van der Waals surface area contributed by atoms with Crippen molar-refractivity contribution in [3.8, 4) is 0 Å². The van der Waals surface area contributed by atoms with Gasteiger partial charge in [-0.25, -0.2) is 0 Å². The van der Waals surface area contributed by atoms with Crippen LogP contribution in [0.25, 0.3) is 0 Å². The SMILES string of the molecule is CC(CN)CCCNC(=O)C1CCOCC1. The molecule has 16 heavy (non-hydrogen) atoms. The molecule has 1 fully saturated rings. The van der Waals surface area contributed by atoms with Gasteiger partial charge in [0.05, 0.1) is 0 Å². The lowest BCUT2D eigenvalue weighted by Crippen LogP contribution is -2.34. The van der Waals surface area contributed by atoms with Crippen molar-refractivity contribution < 1.29 is 9.53 Å². The molecule has 1 aliphatic heterocycles. The summed E-state index contributed by atoms with van der Waals surface area (Å²) in [6, 6.07) is 0. The first kappa shape index (κ1) is 13.5. The number of hydrogen-bond acceptors (Lipinski definition) is 3. The Labute approximate surface area is 97.9 Å². The van der Waals surface area contributed by atoms with Crippen molar-refractivity contribution in [2.24, 2.45) is 17.6 Å². The Hall–Kier alpha value is -0.610. The molecule has 0 aliphatic carbocycles. The zero-order chi connectivity index (χ0) is 11.8. The topological polar surface area (TPSA) is 64.3 Å². The zero-order valence-electron chi connectivity index (χ0n) is 10.2. The molecule has 4 nitrogen and oxygen atoms in total. The Morgan fingerprint density at radius 2 is 2.19 bits per heavy atom. The summed E-state index contributed by atoms with van der Waals surface area (Å²) < 4.78 is 5.23. The fourth-order valence-electron chi connectivity index (χ4n) is 1.88. The van der Waals surface area contributed by atoms with Gasteiger partial charge in [0.2, 0.25) is 5.91 Å². The highest BCUT2D eigenvalue weighted by molar-refractivity contribution is 5.78. The van der Waals surface area contributed by atoms with Crippen molar-refractivity contribution in [3.63, 3.8) is 0 Å². The third kappa shape index (κ3) is 4.94. The van der Waals surface area contributed by atoms with Crippen LogP contribution in [0.15, 0.2) is 0 Å². The largest absolute Gasteiger partial charge is 0.381 e. The molecule has 3 N–H and O–H groups in total. The summed E-state index contributed by atoms with van der Waals surface area (Å²) in [7, 11) is 0. The van der Waals surface area contributed by atoms with E-state index in [1.807, 2.05) is 0 Å². The molecule has 1 heterocycles. The highest BCUT2D eigenvalue weighted by Gasteiger charge is 2.20. The van der Waals surface area contributed by atoms with Gasteiger partial charge in [-0.1, -0.05) is 6.92 Å². The molecule has 0 saturated carbocycles. The monoisotopic (exact) mass is 228 g/mol. The van der Waals surface area contributed by atoms with E-state index in [0.29, 0.717) is 5.92 Å². The van der Waals surface area contributed by atoms with Gasteiger partial charge in [-0.05, 0) is 38.1 Å². The summed E-state index contributed by atoms with van der Waals surface area (Å²) in [5, 5.41) is 3.00. The van der Waals surface area contributed by atoms with E-state index in [-0.39, 0.29) is 11.8 Å². The lowest BCUT2D eigenvalue weighted by molar-refractivity contribution is -0.127. The van der Waals surface area contributed by atoms with E-state index in [4.69, 9.17) is 10.5 Å². The number of nitrogens with two attached hydrogens (primary N) is 1. The molecule has 1 amide bonds. The first-order valence-corrected chi connectivity index (χ1v) is 6.29. The number of rotatable bonds is 6. The number of amides is 1. The van der Waals surface area contributed by atoms with Crippen molar-refractivity contribution >= 4 is 5.91 Å². The number of hydrogen-bond donors (Lipinski definition) is 2. The van der Waals surface area contributed by atoms with Crippen molar-refractivity contribution in [2.75, 3.05) is 26.3 Å². The normalized spacial score (nSPS) is 19.4. The highest BCUT2D eigenvalue weighted by Crippen LogP contribution is 2.14. The zero-order valence-corrected chi connectivity index (χ0v) is 10.2. The van der Waals surface area contributed by atoms with Crippen LogP contribution in [0.2, 0.25) is 0 Å². The van der Waals surface area contributed by atoms with Crippen LogP contribution in [0, 0.1) is 11.8 Å². The van der Waals surface area contributed by atoms with E-state index in [9.17, 15) is 4.79 Å². The molecule has 4 heteroatoms. The lowest BCUT2D eigenvalue weighted by Gasteiger charge is -2.21. The molecule has 0 spiro atoms. The van der Waals surface area contributed by atoms with Crippen molar-refractivity contribution in [1.82, 2.24) is 5.32 Å². The average Bonchev–Trinajstić information content (AvgIpc) is 2.35. The summed E-state index contributed by atoms with van der Waals surface area (Å²) in [5.74, 6) is 0.921. The number of carbonyl (C=O) groups is 1. The van der Waals surface area contributed by atoms with Crippen LogP contribution < -0.4 is 11.1 Å². The standard InChI is InChI=1S/C12H24N2O2/c1-10(9-13)3-2-6-14-12(15)11-4-7-16-8-5-11/h10-11H,2-9,13H2,1H3,(H,14,15). The summed E-state index contributed by atoms with van der Waals surface area (Å²) in [5.41, 5.74) is 5.53. The Kier molecular flexibility index (Phi) is 6.42. The van der Waals surface area contributed by atoms with E-state index in [1.165, 1.54) is 0 Å². The van der Waals surface area contributed by atoms with Gasteiger partial charge in [0.15, 0.2) is 0 Å². The second kappa shape index (κ2) is 7.63. The molecule has 1 saturated heterocycles. The Morgan fingerprint density at radius 3 is 2.81 bits per heavy atom. The number of ether oxygens (including phenoxy) is 1. The minimum absolute atomic E-state index is 0.167. The average molecular weight is 228 g/mol. The quantitative estimate of drug-likeness (QED) is 0.664. The summed E-state index contributed by atoms with van der Waals surface area (Å²) in [4.78, 5) is 11.7. The second-order valence-electron chi connectivity index (χ2n) is 4.66. The summed E-state index contributed by atoms with van der Waals surface area (Å²) in [6.45, 7) is 5.10. The van der Waals surface area contributed by atoms with E-state index >= 15 is 0 Å². The van der Waals surface area contributed by atoms with Gasteiger partial charge in [0, 0.05) is 25.7 Å². The van der Waals surface area contributed by atoms with Crippen LogP contribution >= 0.6 is 0 Å².